The molecule has 0 saturated carbocycles. The smallest absolute Gasteiger partial charge is 0.341 e. The highest BCUT2D eigenvalue weighted by Crippen LogP contribution is 2.40. The van der Waals surface area contributed by atoms with Gasteiger partial charge in [0.25, 0.3) is 5.91 Å². The average molecular weight is 446 g/mol. The van der Waals surface area contributed by atoms with Crippen LogP contribution < -0.4 is 14.8 Å². The Morgan fingerprint density at radius 2 is 2.00 bits per heavy atom. The number of rotatable bonds is 8. The summed E-state index contributed by atoms with van der Waals surface area (Å²) in [5.41, 5.74) is 1.94. The van der Waals surface area contributed by atoms with Crippen molar-refractivity contribution in [3.05, 3.63) is 39.8 Å². The highest BCUT2D eigenvalue weighted by molar-refractivity contribution is 7.17. The van der Waals surface area contributed by atoms with Gasteiger partial charge in [0.05, 0.1) is 19.3 Å². The summed E-state index contributed by atoms with van der Waals surface area (Å²) in [4.78, 5) is 37.8. The van der Waals surface area contributed by atoms with Crippen molar-refractivity contribution in [1.82, 2.24) is 0 Å². The molecule has 0 aliphatic heterocycles. The number of Topliss-reactive ketones (excluding diaryl/α,β-unsaturated/α-hetero) is 1. The first-order valence-corrected chi connectivity index (χ1v) is 11.1. The van der Waals surface area contributed by atoms with Gasteiger partial charge in [-0.3, -0.25) is 9.59 Å². The van der Waals surface area contributed by atoms with Crippen molar-refractivity contribution in [3.8, 4) is 11.5 Å². The number of thiophene rings is 1. The summed E-state index contributed by atoms with van der Waals surface area (Å²) in [6, 6.07) is 4.78. The van der Waals surface area contributed by atoms with E-state index in [-0.39, 0.29) is 19.0 Å². The van der Waals surface area contributed by atoms with Gasteiger partial charge in [-0.15, -0.1) is 11.3 Å². The van der Waals surface area contributed by atoms with Gasteiger partial charge in [0.15, 0.2) is 23.9 Å². The molecule has 8 heteroatoms. The van der Waals surface area contributed by atoms with Gasteiger partial charge in [0.2, 0.25) is 0 Å². The largest absolute Gasteiger partial charge is 0.493 e. The molecular weight excluding hydrogens is 418 g/mol. The van der Waals surface area contributed by atoms with Crippen LogP contribution in [0.15, 0.2) is 18.2 Å². The first-order chi connectivity index (χ1) is 14.8. The van der Waals surface area contributed by atoms with Crippen LogP contribution in [0.1, 0.15) is 58.3 Å². The predicted octanol–water partition coefficient (Wildman–Crippen LogP) is 4.28. The van der Waals surface area contributed by atoms with Gasteiger partial charge in [0.1, 0.15) is 5.00 Å². The van der Waals surface area contributed by atoms with Crippen LogP contribution in [0.4, 0.5) is 5.00 Å². The van der Waals surface area contributed by atoms with Gasteiger partial charge < -0.3 is 19.5 Å². The van der Waals surface area contributed by atoms with Crippen molar-refractivity contribution in [1.29, 1.82) is 0 Å². The number of hydrogen-bond donors (Lipinski definition) is 1. The number of ketones is 1. The number of benzene rings is 1. The molecule has 1 aromatic carbocycles. The van der Waals surface area contributed by atoms with E-state index >= 15 is 0 Å². The zero-order chi connectivity index (χ0) is 22.5. The predicted molar refractivity (Wildman–Crippen MR) is 119 cm³/mol. The molecule has 0 saturated heterocycles. The number of carbonyl (C=O) groups is 3. The number of fused-ring (bicyclic) bond motifs is 1. The molecule has 1 heterocycles. The van der Waals surface area contributed by atoms with Crippen LogP contribution in [0.3, 0.4) is 0 Å². The van der Waals surface area contributed by atoms with Crippen LogP contribution in [-0.2, 0) is 22.4 Å². The summed E-state index contributed by atoms with van der Waals surface area (Å²) >= 11 is 1.43. The Morgan fingerprint density at radius 1 is 1.23 bits per heavy atom. The van der Waals surface area contributed by atoms with Crippen LogP contribution in [0.5, 0.6) is 11.5 Å². The number of amides is 1. The van der Waals surface area contributed by atoms with Crippen LogP contribution in [0, 0.1) is 5.92 Å². The van der Waals surface area contributed by atoms with E-state index < -0.39 is 11.9 Å². The van der Waals surface area contributed by atoms with Crippen molar-refractivity contribution in [2.75, 3.05) is 25.6 Å². The zero-order valence-electron chi connectivity index (χ0n) is 18.2. The van der Waals surface area contributed by atoms with Gasteiger partial charge in [-0.1, -0.05) is 6.92 Å². The zero-order valence-corrected chi connectivity index (χ0v) is 19.0. The molecule has 7 nitrogen and oxygen atoms in total. The van der Waals surface area contributed by atoms with Crippen LogP contribution in [0.25, 0.3) is 0 Å². The second kappa shape index (κ2) is 9.96. The molecule has 1 amide bonds. The maximum Gasteiger partial charge on any atom is 0.341 e. The van der Waals surface area contributed by atoms with E-state index in [1.807, 2.05) is 0 Å². The fourth-order valence-electron chi connectivity index (χ4n) is 3.57. The Balaban J connectivity index is 1.75. The van der Waals surface area contributed by atoms with E-state index in [4.69, 9.17) is 14.2 Å². The average Bonchev–Trinajstić information content (AvgIpc) is 3.08. The highest BCUT2D eigenvalue weighted by atomic mass is 32.1. The Morgan fingerprint density at radius 3 is 2.68 bits per heavy atom. The van der Waals surface area contributed by atoms with Crippen molar-refractivity contribution in [3.63, 3.8) is 0 Å². The van der Waals surface area contributed by atoms with E-state index in [9.17, 15) is 14.4 Å². The second-order valence-electron chi connectivity index (χ2n) is 7.54. The van der Waals surface area contributed by atoms with Crippen molar-refractivity contribution >= 4 is 34.0 Å². The lowest BCUT2D eigenvalue weighted by atomic mass is 9.88. The molecule has 0 radical (unpaired) electrons. The normalized spacial score (nSPS) is 15.0. The number of ether oxygens (including phenoxy) is 3. The van der Waals surface area contributed by atoms with E-state index in [1.165, 1.54) is 25.4 Å². The van der Waals surface area contributed by atoms with Crippen LogP contribution >= 0.6 is 11.3 Å². The topological polar surface area (TPSA) is 90.9 Å². The fourth-order valence-corrected chi connectivity index (χ4v) is 4.98. The second-order valence-corrected chi connectivity index (χ2v) is 8.64. The third-order valence-corrected chi connectivity index (χ3v) is 6.34. The van der Waals surface area contributed by atoms with Gasteiger partial charge in [-0.25, -0.2) is 4.79 Å². The molecule has 1 aromatic heterocycles. The first kappa shape index (κ1) is 22.8. The summed E-state index contributed by atoms with van der Waals surface area (Å²) in [5, 5.41) is 3.32. The Labute approximate surface area is 185 Å². The number of hydrogen-bond acceptors (Lipinski definition) is 7. The summed E-state index contributed by atoms with van der Waals surface area (Å²) in [6.07, 6.45) is 2.69. The number of anilines is 1. The lowest BCUT2D eigenvalue weighted by molar-refractivity contribution is -0.118. The van der Waals surface area contributed by atoms with E-state index in [1.54, 1.807) is 25.1 Å². The van der Waals surface area contributed by atoms with E-state index in [2.05, 4.69) is 12.2 Å². The van der Waals surface area contributed by atoms with Crippen molar-refractivity contribution in [2.45, 2.75) is 40.0 Å². The Hall–Kier alpha value is -2.87. The first-order valence-electron chi connectivity index (χ1n) is 10.3. The number of methoxy groups -OCH3 is 1. The SMILES string of the molecule is CCOC(=O)c1c(NC(=O)COc2ccc(C(C)=O)cc2OC)sc2c1CCC(C)C2. The number of carbonyl (C=O) groups excluding carboxylic acids is 3. The van der Waals surface area contributed by atoms with Crippen LogP contribution in [-0.4, -0.2) is 38.0 Å². The minimum absolute atomic E-state index is 0.0925. The number of esters is 1. The molecule has 3 rings (SSSR count). The molecule has 0 fully saturated rings. The molecule has 1 atom stereocenters. The third-order valence-electron chi connectivity index (χ3n) is 5.17. The highest BCUT2D eigenvalue weighted by Gasteiger charge is 2.29. The van der Waals surface area contributed by atoms with Gasteiger partial charge in [-0.2, -0.15) is 0 Å². The summed E-state index contributed by atoms with van der Waals surface area (Å²) < 4.78 is 16.1. The quantitative estimate of drug-likeness (QED) is 0.482. The molecule has 1 unspecified atom stereocenters. The molecule has 1 aliphatic carbocycles. The fraction of sp³-hybridized carbons (Fsp3) is 0.435. The molecule has 1 N–H and O–H groups in total. The van der Waals surface area contributed by atoms with Crippen molar-refractivity contribution in [2.24, 2.45) is 5.92 Å². The van der Waals surface area contributed by atoms with E-state index in [0.29, 0.717) is 33.5 Å². The summed E-state index contributed by atoms with van der Waals surface area (Å²) in [7, 11) is 1.47. The maximum atomic E-state index is 12.6. The standard InChI is InChI=1S/C23H27NO6S/c1-5-29-23(27)21-16-8-6-13(2)10-19(16)31-22(21)24-20(26)12-30-17-9-7-15(14(3)25)11-18(17)28-4/h7,9,11,13H,5-6,8,10,12H2,1-4H3,(H,24,26). The lowest BCUT2D eigenvalue weighted by Crippen LogP contribution is -2.21. The molecule has 166 valence electrons. The van der Waals surface area contributed by atoms with E-state index in [0.717, 1.165) is 29.7 Å². The molecule has 0 spiro atoms. The molecular formula is C23H27NO6S. The van der Waals surface area contributed by atoms with Crippen LogP contribution in [0.2, 0.25) is 0 Å². The lowest BCUT2D eigenvalue weighted by Gasteiger charge is -2.18. The Bertz CT molecular complexity index is 996. The molecule has 1 aliphatic rings. The van der Waals surface area contributed by atoms with Gasteiger partial charge in [0, 0.05) is 10.4 Å². The molecule has 31 heavy (non-hydrogen) atoms. The minimum atomic E-state index is -0.410. The summed E-state index contributed by atoms with van der Waals surface area (Å²) in [6.45, 7) is 5.41. The molecule has 0 bridgehead atoms. The Kier molecular flexibility index (Phi) is 7.33. The van der Waals surface area contributed by atoms with Gasteiger partial charge >= 0.3 is 5.97 Å². The van der Waals surface area contributed by atoms with Gasteiger partial charge in [-0.05, 0) is 62.8 Å². The third kappa shape index (κ3) is 5.25. The maximum absolute atomic E-state index is 12.6. The minimum Gasteiger partial charge on any atom is -0.493 e. The number of nitrogens with one attached hydrogen (secondary N) is 1. The molecule has 2 aromatic rings. The summed E-state index contributed by atoms with van der Waals surface area (Å²) in [5.74, 6) is 0.367. The van der Waals surface area contributed by atoms with Crippen molar-refractivity contribution < 1.29 is 28.6 Å². The monoisotopic (exact) mass is 445 g/mol.